The summed E-state index contributed by atoms with van der Waals surface area (Å²) in [6, 6.07) is 0.0990. The number of alkyl carbamates (subject to hydrolysis) is 1. The van der Waals surface area contributed by atoms with E-state index in [0.29, 0.717) is 11.9 Å². The number of hydrogen-bond acceptors (Lipinski definition) is 5. The van der Waals surface area contributed by atoms with Crippen LogP contribution in [0.15, 0.2) is 0 Å². The average molecular weight is 243 g/mol. The zero-order valence-corrected chi connectivity index (χ0v) is 9.66. The van der Waals surface area contributed by atoms with Crippen LogP contribution in [0.25, 0.3) is 0 Å². The maximum absolute atomic E-state index is 11.7. The van der Waals surface area contributed by atoms with Crippen molar-refractivity contribution in [2.45, 2.75) is 24.3 Å². The molecule has 1 saturated carbocycles. The van der Waals surface area contributed by atoms with Crippen molar-refractivity contribution in [3.63, 3.8) is 0 Å². The molecule has 0 spiro atoms. The summed E-state index contributed by atoms with van der Waals surface area (Å²) in [7, 11) is 0. The molecule has 0 aromatic rings. The fourth-order valence-corrected chi connectivity index (χ4v) is 4.58. The number of rotatable bonds is 2. The van der Waals surface area contributed by atoms with Gasteiger partial charge in [0.2, 0.25) is 0 Å². The SMILES string of the molecule is CCOC(=O)[C@H]1CS[C@@H]2[C@@H]3NC(=O)O[C@@H]3[C@@H]21. The zero-order chi connectivity index (χ0) is 11.3. The van der Waals surface area contributed by atoms with Crippen LogP contribution in [0, 0.1) is 11.8 Å². The molecule has 0 aromatic heterocycles. The van der Waals surface area contributed by atoms with E-state index >= 15 is 0 Å². The number of carbonyl (C=O) groups excluding carboxylic acids is 2. The van der Waals surface area contributed by atoms with E-state index in [2.05, 4.69) is 5.32 Å². The second kappa shape index (κ2) is 3.55. The lowest BCUT2D eigenvalue weighted by Crippen LogP contribution is -2.60. The number of fused-ring (bicyclic) bond motifs is 4. The van der Waals surface area contributed by atoms with Gasteiger partial charge in [-0.1, -0.05) is 0 Å². The van der Waals surface area contributed by atoms with E-state index in [0.717, 1.165) is 5.75 Å². The van der Waals surface area contributed by atoms with Crippen molar-refractivity contribution in [1.82, 2.24) is 5.32 Å². The van der Waals surface area contributed by atoms with Gasteiger partial charge in [-0.3, -0.25) is 4.79 Å². The summed E-state index contributed by atoms with van der Waals surface area (Å²) in [5, 5.41) is 3.11. The van der Waals surface area contributed by atoms with Crippen molar-refractivity contribution >= 4 is 23.8 Å². The van der Waals surface area contributed by atoms with Crippen molar-refractivity contribution < 1.29 is 19.1 Å². The molecule has 5 atom stereocenters. The molecule has 2 heterocycles. The Morgan fingerprint density at radius 2 is 2.50 bits per heavy atom. The first-order valence-corrected chi connectivity index (χ1v) is 6.52. The average Bonchev–Trinajstić information content (AvgIpc) is 2.76. The van der Waals surface area contributed by atoms with Gasteiger partial charge in [-0.05, 0) is 6.92 Å². The van der Waals surface area contributed by atoms with Gasteiger partial charge in [0.15, 0.2) is 0 Å². The minimum Gasteiger partial charge on any atom is -0.466 e. The predicted molar refractivity (Wildman–Crippen MR) is 57.1 cm³/mol. The Balaban J connectivity index is 1.72. The third-order valence-electron chi connectivity index (χ3n) is 3.52. The van der Waals surface area contributed by atoms with Gasteiger partial charge in [-0.15, -0.1) is 0 Å². The molecule has 16 heavy (non-hydrogen) atoms. The maximum atomic E-state index is 11.7. The van der Waals surface area contributed by atoms with Gasteiger partial charge in [-0.25, -0.2) is 4.79 Å². The van der Waals surface area contributed by atoms with E-state index in [9.17, 15) is 9.59 Å². The van der Waals surface area contributed by atoms with Gasteiger partial charge in [0.05, 0.1) is 18.6 Å². The molecule has 6 heteroatoms. The molecule has 5 nitrogen and oxygen atoms in total. The third kappa shape index (κ3) is 1.25. The second-order valence-corrected chi connectivity index (χ2v) is 5.48. The van der Waals surface area contributed by atoms with E-state index in [1.807, 2.05) is 0 Å². The van der Waals surface area contributed by atoms with Crippen LogP contribution in [-0.2, 0) is 14.3 Å². The van der Waals surface area contributed by atoms with Crippen LogP contribution in [-0.4, -0.2) is 41.8 Å². The topological polar surface area (TPSA) is 64.6 Å². The quantitative estimate of drug-likeness (QED) is 0.711. The van der Waals surface area contributed by atoms with Gasteiger partial charge in [0.1, 0.15) is 6.10 Å². The molecule has 0 unspecified atom stereocenters. The molecule has 1 N–H and O–H groups in total. The van der Waals surface area contributed by atoms with Crippen LogP contribution in [0.3, 0.4) is 0 Å². The fraction of sp³-hybridized carbons (Fsp3) is 0.800. The van der Waals surface area contributed by atoms with Gasteiger partial charge in [0, 0.05) is 16.9 Å². The Kier molecular flexibility index (Phi) is 2.27. The summed E-state index contributed by atoms with van der Waals surface area (Å²) in [4.78, 5) is 22.8. The normalized spacial score (nSPS) is 43.8. The number of amides is 1. The highest BCUT2D eigenvalue weighted by Gasteiger charge is 2.64. The molecular weight excluding hydrogens is 230 g/mol. The summed E-state index contributed by atoms with van der Waals surface area (Å²) < 4.78 is 10.2. The van der Waals surface area contributed by atoms with Crippen LogP contribution < -0.4 is 5.32 Å². The van der Waals surface area contributed by atoms with Crippen molar-refractivity contribution in [3.05, 3.63) is 0 Å². The Hall–Kier alpha value is -0.910. The van der Waals surface area contributed by atoms with Gasteiger partial charge in [0.25, 0.3) is 0 Å². The molecule has 0 aromatic carbocycles. The van der Waals surface area contributed by atoms with E-state index in [1.165, 1.54) is 0 Å². The van der Waals surface area contributed by atoms with Crippen LogP contribution in [0.4, 0.5) is 4.79 Å². The standard InChI is InChI=1S/C10H13NO4S/c1-2-14-9(12)4-3-16-8-5(4)7-6(8)11-10(13)15-7/h4-8H,2-3H2,1H3,(H,11,13)/t4-,5-,6+,7+,8-/m0/s1. The van der Waals surface area contributed by atoms with Crippen LogP contribution in [0.2, 0.25) is 0 Å². The smallest absolute Gasteiger partial charge is 0.407 e. The highest BCUT2D eigenvalue weighted by Crippen LogP contribution is 2.53. The highest BCUT2D eigenvalue weighted by atomic mass is 32.2. The van der Waals surface area contributed by atoms with E-state index in [-0.39, 0.29) is 36.0 Å². The maximum Gasteiger partial charge on any atom is 0.407 e. The Morgan fingerprint density at radius 3 is 3.25 bits per heavy atom. The summed E-state index contributed by atoms with van der Waals surface area (Å²) in [5.41, 5.74) is 0. The van der Waals surface area contributed by atoms with E-state index in [4.69, 9.17) is 9.47 Å². The Bertz CT molecular complexity index is 348. The van der Waals surface area contributed by atoms with Gasteiger partial charge in [-0.2, -0.15) is 11.8 Å². The number of hydrogen-bond donors (Lipinski definition) is 1. The summed E-state index contributed by atoms with van der Waals surface area (Å²) >= 11 is 1.74. The largest absolute Gasteiger partial charge is 0.466 e. The minimum absolute atomic E-state index is 0.0990. The molecular formula is C10H13NO4S. The van der Waals surface area contributed by atoms with E-state index < -0.39 is 0 Å². The summed E-state index contributed by atoms with van der Waals surface area (Å²) in [6.07, 6.45) is -0.477. The molecule has 3 aliphatic rings. The first kappa shape index (κ1) is 10.3. The lowest BCUT2D eigenvalue weighted by Gasteiger charge is -2.42. The monoisotopic (exact) mass is 243 g/mol. The van der Waals surface area contributed by atoms with E-state index in [1.54, 1.807) is 18.7 Å². The number of thioether (sulfide) groups is 1. The molecule has 3 fully saturated rings. The van der Waals surface area contributed by atoms with Gasteiger partial charge < -0.3 is 14.8 Å². The molecule has 1 aliphatic carbocycles. The van der Waals surface area contributed by atoms with Gasteiger partial charge >= 0.3 is 12.1 Å². The molecule has 0 bridgehead atoms. The Morgan fingerprint density at radius 1 is 1.69 bits per heavy atom. The number of ether oxygens (including phenoxy) is 2. The van der Waals surface area contributed by atoms with Crippen molar-refractivity contribution in [2.24, 2.45) is 11.8 Å². The second-order valence-electron chi connectivity index (χ2n) is 4.27. The molecule has 88 valence electrons. The zero-order valence-electron chi connectivity index (χ0n) is 8.84. The van der Waals surface area contributed by atoms with Crippen LogP contribution in [0.1, 0.15) is 6.92 Å². The minimum atomic E-state index is -0.354. The molecule has 0 radical (unpaired) electrons. The van der Waals surface area contributed by atoms with Crippen LogP contribution >= 0.6 is 11.8 Å². The van der Waals surface area contributed by atoms with Crippen LogP contribution in [0.5, 0.6) is 0 Å². The van der Waals surface area contributed by atoms with Crippen molar-refractivity contribution in [3.8, 4) is 0 Å². The number of carbonyl (C=O) groups is 2. The molecule has 2 saturated heterocycles. The molecule has 2 aliphatic heterocycles. The summed E-state index contributed by atoms with van der Waals surface area (Å²) in [5.74, 6) is 0.668. The number of nitrogens with one attached hydrogen (secondary N) is 1. The first-order chi connectivity index (χ1) is 7.72. The summed E-state index contributed by atoms with van der Waals surface area (Å²) in [6.45, 7) is 2.21. The fourth-order valence-electron chi connectivity index (χ4n) is 2.79. The lowest BCUT2D eigenvalue weighted by molar-refractivity contribution is -0.152. The number of esters is 1. The Labute approximate surface area is 97.2 Å². The first-order valence-electron chi connectivity index (χ1n) is 5.47. The van der Waals surface area contributed by atoms with Crippen molar-refractivity contribution in [1.29, 1.82) is 0 Å². The highest BCUT2D eigenvalue weighted by molar-refractivity contribution is 8.00. The molecule has 3 rings (SSSR count). The van der Waals surface area contributed by atoms with Crippen molar-refractivity contribution in [2.75, 3.05) is 12.4 Å². The predicted octanol–water partition coefficient (Wildman–Crippen LogP) is 0.388. The molecule has 1 amide bonds. The third-order valence-corrected chi connectivity index (χ3v) is 5.06. The lowest BCUT2D eigenvalue weighted by atomic mass is 9.70.